The molecule has 0 aliphatic carbocycles. The first-order chi connectivity index (χ1) is 6.81. The first kappa shape index (κ1) is 13.5. The summed E-state index contributed by atoms with van der Waals surface area (Å²) in [5, 5.41) is 10.8. The fourth-order valence-corrected chi connectivity index (χ4v) is 1.25. The number of hydrogen-bond donors (Lipinski definition) is 0. The fourth-order valence-electron chi connectivity index (χ4n) is 1.25. The number of carbonyl (C=O) groups is 2. The van der Waals surface area contributed by atoms with Crippen molar-refractivity contribution in [2.75, 3.05) is 7.11 Å². The Labute approximate surface area is 87.7 Å². The second-order valence-corrected chi connectivity index (χ2v) is 3.71. The Kier molecular flexibility index (Phi) is 4.90. The summed E-state index contributed by atoms with van der Waals surface area (Å²) in [4.78, 5) is 31.9. The van der Waals surface area contributed by atoms with Gasteiger partial charge in [0.2, 0.25) is 5.54 Å². The molecule has 6 heteroatoms. The molecule has 0 bridgehead atoms. The van der Waals surface area contributed by atoms with E-state index in [1.54, 1.807) is 0 Å². The molecule has 15 heavy (non-hydrogen) atoms. The summed E-state index contributed by atoms with van der Waals surface area (Å²) in [5.41, 5.74) is -1.37. The van der Waals surface area contributed by atoms with Gasteiger partial charge in [-0.05, 0) is 6.92 Å². The van der Waals surface area contributed by atoms with E-state index in [1.165, 1.54) is 21.0 Å². The van der Waals surface area contributed by atoms with Crippen LogP contribution in [0.15, 0.2) is 0 Å². The van der Waals surface area contributed by atoms with Crippen LogP contribution < -0.4 is 0 Å². The number of carbonyl (C=O) groups excluding carboxylic acids is 2. The zero-order valence-electron chi connectivity index (χ0n) is 9.11. The lowest BCUT2D eigenvalue weighted by molar-refractivity contribution is -0.565. The molecule has 0 aromatic carbocycles. The Morgan fingerprint density at radius 3 is 2.33 bits per heavy atom. The van der Waals surface area contributed by atoms with Crippen LogP contribution in [0.3, 0.4) is 0 Å². The maximum absolute atomic E-state index is 10.9. The monoisotopic (exact) mass is 217 g/mol. The van der Waals surface area contributed by atoms with Crippen LogP contribution in [0, 0.1) is 10.1 Å². The Morgan fingerprint density at radius 2 is 2.00 bits per heavy atom. The van der Waals surface area contributed by atoms with Crippen molar-refractivity contribution in [3.8, 4) is 0 Å². The smallest absolute Gasteiger partial charge is 0.305 e. The standard InChI is InChI=1S/C9H15NO5/c1-7(11)6-9(2,10(13)14)5-4-8(12)15-3/h4-6H2,1-3H3. The average molecular weight is 217 g/mol. The van der Waals surface area contributed by atoms with Gasteiger partial charge in [-0.3, -0.25) is 19.7 Å². The third-order valence-electron chi connectivity index (χ3n) is 2.17. The number of methoxy groups -OCH3 is 1. The number of ether oxygens (including phenoxy) is 1. The molecule has 0 aliphatic rings. The fraction of sp³-hybridized carbons (Fsp3) is 0.778. The molecule has 0 aromatic rings. The number of Topliss-reactive ketones (excluding diaryl/α,β-unsaturated/α-hetero) is 1. The number of ketones is 1. The van der Waals surface area contributed by atoms with Crippen molar-refractivity contribution in [3.05, 3.63) is 10.1 Å². The predicted molar refractivity (Wildman–Crippen MR) is 51.9 cm³/mol. The number of rotatable bonds is 6. The highest BCUT2D eigenvalue weighted by Gasteiger charge is 2.38. The first-order valence-electron chi connectivity index (χ1n) is 4.52. The lowest BCUT2D eigenvalue weighted by Crippen LogP contribution is -2.37. The highest BCUT2D eigenvalue weighted by atomic mass is 16.6. The van der Waals surface area contributed by atoms with Gasteiger partial charge in [-0.15, -0.1) is 0 Å². The van der Waals surface area contributed by atoms with Crippen LogP contribution in [0.25, 0.3) is 0 Å². The molecule has 0 rings (SSSR count). The third kappa shape index (κ3) is 4.53. The van der Waals surface area contributed by atoms with Crippen molar-refractivity contribution >= 4 is 11.8 Å². The van der Waals surface area contributed by atoms with Crippen LogP contribution in [0.4, 0.5) is 0 Å². The molecule has 0 aliphatic heterocycles. The van der Waals surface area contributed by atoms with Crippen LogP contribution in [0.1, 0.15) is 33.1 Å². The Balaban J connectivity index is 4.45. The van der Waals surface area contributed by atoms with E-state index in [1.807, 2.05) is 0 Å². The third-order valence-corrected chi connectivity index (χ3v) is 2.17. The summed E-state index contributed by atoms with van der Waals surface area (Å²) in [6, 6.07) is 0. The molecule has 0 amide bonds. The van der Waals surface area contributed by atoms with Crippen molar-refractivity contribution in [2.45, 2.75) is 38.6 Å². The van der Waals surface area contributed by atoms with Gasteiger partial charge in [-0.1, -0.05) is 0 Å². The molecule has 0 spiro atoms. The molecular weight excluding hydrogens is 202 g/mol. The second kappa shape index (κ2) is 5.43. The quantitative estimate of drug-likeness (QED) is 0.375. The van der Waals surface area contributed by atoms with E-state index in [2.05, 4.69) is 4.74 Å². The molecule has 0 saturated carbocycles. The van der Waals surface area contributed by atoms with Gasteiger partial charge in [-0.25, -0.2) is 0 Å². The van der Waals surface area contributed by atoms with Gasteiger partial charge in [0, 0.05) is 18.3 Å². The van der Waals surface area contributed by atoms with Crippen molar-refractivity contribution in [3.63, 3.8) is 0 Å². The summed E-state index contributed by atoms with van der Waals surface area (Å²) in [7, 11) is 1.22. The van der Waals surface area contributed by atoms with Gasteiger partial charge in [0.15, 0.2) is 0 Å². The van der Waals surface area contributed by atoms with E-state index in [-0.39, 0.29) is 25.0 Å². The van der Waals surface area contributed by atoms with Gasteiger partial charge < -0.3 is 4.74 Å². The zero-order valence-corrected chi connectivity index (χ0v) is 9.11. The number of hydrogen-bond acceptors (Lipinski definition) is 5. The predicted octanol–water partition coefficient (Wildman–Crippen LogP) is 0.954. The van der Waals surface area contributed by atoms with Crippen LogP contribution in [0.2, 0.25) is 0 Å². The minimum absolute atomic E-state index is 0.00620. The van der Waals surface area contributed by atoms with Crippen molar-refractivity contribution in [1.29, 1.82) is 0 Å². The van der Waals surface area contributed by atoms with Gasteiger partial charge in [-0.2, -0.15) is 0 Å². The summed E-state index contributed by atoms with van der Waals surface area (Å²) in [5.74, 6) is -0.773. The van der Waals surface area contributed by atoms with E-state index in [9.17, 15) is 19.7 Å². The second-order valence-electron chi connectivity index (χ2n) is 3.71. The zero-order chi connectivity index (χ0) is 12.1. The molecule has 0 heterocycles. The summed E-state index contributed by atoms with van der Waals surface area (Å²) in [6.07, 6.45) is -0.218. The van der Waals surface area contributed by atoms with Gasteiger partial charge in [0.25, 0.3) is 0 Å². The lowest BCUT2D eigenvalue weighted by Gasteiger charge is -2.18. The highest BCUT2D eigenvalue weighted by molar-refractivity contribution is 5.76. The van der Waals surface area contributed by atoms with Crippen LogP contribution in [-0.4, -0.2) is 29.3 Å². The van der Waals surface area contributed by atoms with Gasteiger partial charge in [0.05, 0.1) is 20.0 Å². The summed E-state index contributed by atoms with van der Waals surface area (Å²) >= 11 is 0. The minimum atomic E-state index is -1.37. The average Bonchev–Trinajstić information content (AvgIpc) is 2.12. The van der Waals surface area contributed by atoms with E-state index in [0.29, 0.717) is 0 Å². The van der Waals surface area contributed by atoms with E-state index in [4.69, 9.17) is 0 Å². The molecule has 86 valence electrons. The van der Waals surface area contributed by atoms with Gasteiger partial charge >= 0.3 is 5.97 Å². The van der Waals surface area contributed by atoms with E-state index in [0.717, 1.165) is 0 Å². The number of nitro groups is 1. The molecule has 0 aromatic heterocycles. The normalized spacial score (nSPS) is 14.1. The molecule has 0 N–H and O–H groups in total. The summed E-state index contributed by atoms with van der Waals surface area (Å²) < 4.78 is 4.38. The highest BCUT2D eigenvalue weighted by Crippen LogP contribution is 2.21. The number of nitrogens with zero attached hydrogens (tertiary/aromatic N) is 1. The van der Waals surface area contributed by atoms with Crippen molar-refractivity contribution < 1.29 is 19.2 Å². The van der Waals surface area contributed by atoms with Crippen LogP contribution in [-0.2, 0) is 14.3 Å². The Hall–Kier alpha value is -1.46. The first-order valence-corrected chi connectivity index (χ1v) is 4.52. The number of esters is 1. The van der Waals surface area contributed by atoms with Crippen LogP contribution >= 0.6 is 0 Å². The molecule has 0 fully saturated rings. The minimum Gasteiger partial charge on any atom is -0.469 e. The van der Waals surface area contributed by atoms with E-state index < -0.39 is 16.4 Å². The maximum Gasteiger partial charge on any atom is 0.305 e. The van der Waals surface area contributed by atoms with Gasteiger partial charge in [0.1, 0.15) is 5.78 Å². The van der Waals surface area contributed by atoms with Crippen molar-refractivity contribution in [1.82, 2.24) is 0 Å². The molecule has 1 unspecified atom stereocenters. The maximum atomic E-state index is 10.9. The largest absolute Gasteiger partial charge is 0.469 e. The van der Waals surface area contributed by atoms with E-state index >= 15 is 0 Å². The van der Waals surface area contributed by atoms with Crippen molar-refractivity contribution in [2.24, 2.45) is 0 Å². The Bertz CT molecular complexity index is 276. The summed E-state index contributed by atoms with van der Waals surface area (Å²) in [6.45, 7) is 2.65. The molecule has 0 saturated heterocycles. The van der Waals surface area contributed by atoms with Crippen LogP contribution in [0.5, 0.6) is 0 Å². The molecular formula is C9H15NO5. The molecule has 0 radical (unpaired) electrons. The Morgan fingerprint density at radius 1 is 1.47 bits per heavy atom. The molecule has 1 atom stereocenters. The SMILES string of the molecule is COC(=O)CCC(C)(CC(C)=O)[N+](=O)[O-]. The topological polar surface area (TPSA) is 86.5 Å². The molecule has 6 nitrogen and oxygen atoms in total. The lowest BCUT2D eigenvalue weighted by atomic mass is 9.91.